The molecule has 1 heterocycles. The second-order valence-corrected chi connectivity index (χ2v) is 7.57. The van der Waals surface area contributed by atoms with E-state index >= 15 is 0 Å². The van der Waals surface area contributed by atoms with Crippen LogP contribution in [0.15, 0.2) is 73.1 Å². The van der Waals surface area contributed by atoms with Gasteiger partial charge in [-0.3, -0.25) is 18.6 Å². The summed E-state index contributed by atoms with van der Waals surface area (Å²) in [4.78, 5) is 16.3. The van der Waals surface area contributed by atoms with E-state index in [1.807, 2.05) is 30.3 Å². The predicted molar refractivity (Wildman–Crippen MR) is 115 cm³/mol. The third kappa shape index (κ3) is 5.87. The van der Waals surface area contributed by atoms with Crippen molar-refractivity contribution in [1.82, 2.24) is 10.3 Å². The lowest BCUT2D eigenvalue weighted by Crippen LogP contribution is -2.28. The van der Waals surface area contributed by atoms with Gasteiger partial charge in [-0.15, -0.1) is 0 Å². The van der Waals surface area contributed by atoms with Gasteiger partial charge in [-0.25, -0.2) is 4.21 Å². The molecule has 0 bridgehead atoms. The number of rotatable bonds is 8. The van der Waals surface area contributed by atoms with Gasteiger partial charge in [0, 0.05) is 36.1 Å². The first-order chi connectivity index (χ1) is 14.0. The molecule has 3 rings (SSSR count). The summed E-state index contributed by atoms with van der Waals surface area (Å²) in [5, 5.41) is 3.45. The largest absolute Gasteiger partial charge is 0.348 e. The molecule has 0 saturated carbocycles. The number of nitrogens with zero attached hydrogens (tertiary/aromatic N) is 2. The molecule has 0 saturated heterocycles. The molecule has 1 amide bonds. The molecular weight excluding hydrogens is 410 g/mol. The van der Waals surface area contributed by atoms with Crippen LogP contribution in [0.3, 0.4) is 0 Å². The van der Waals surface area contributed by atoms with Crippen molar-refractivity contribution in [3.05, 3.63) is 94.8 Å². The Morgan fingerprint density at radius 3 is 2.52 bits per heavy atom. The number of carbonyl (C=O) groups is 1. The molecule has 2 aromatic carbocycles. The maximum Gasteiger partial charge on any atom is 0.261 e. The highest BCUT2D eigenvalue weighted by molar-refractivity contribution is 7.80. The van der Waals surface area contributed by atoms with Crippen molar-refractivity contribution in [2.45, 2.75) is 13.0 Å². The topological polar surface area (TPSA) is 82.5 Å². The van der Waals surface area contributed by atoms with Crippen LogP contribution in [-0.2, 0) is 24.2 Å². The highest BCUT2D eigenvalue weighted by atomic mass is 35.5. The number of hydrogen-bond donors (Lipinski definition) is 2. The molecule has 6 nitrogen and oxygen atoms in total. The Morgan fingerprint density at radius 1 is 1.10 bits per heavy atom. The number of carbonyl (C=O) groups excluding carboxylic acids is 1. The normalized spacial score (nSPS) is 11.7. The van der Waals surface area contributed by atoms with E-state index in [-0.39, 0.29) is 5.91 Å². The lowest BCUT2D eigenvalue weighted by atomic mass is 10.1. The number of halogens is 1. The predicted octanol–water partition coefficient (Wildman–Crippen LogP) is 3.85. The molecule has 0 aliphatic heterocycles. The molecule has 8 heteroatoms. The molecule has 150 valence electrons. The van der Waals surface area contributed by atoms with E-state index in [1.165, 1.54) is 4.31 Å². The molecule has 0 aliphatic carbocycles. The number of benzene rings is 2. The summed E-state index contributed by atoms with van der Waals surface area (Å²) in [5.74, 6) is -0.229. The Kier molecular flexibility index (Phi) is 7.35. The molecule has 1 aromatic heterocycles. The lowest BCUT2D eigenvalue weighted by molar-refractivity contribution is 0.0951. The van der Waals surface area contributed by atoms with Crippen LogP contribution in [0.2, 0.25) is 5.02 Å². The number of pyridine rings is 1. The Bertz CT molecular complexity index is 984. The second-order valence-electron chi connectivity index (χ2n) is 6.27. The van der Waals surface area contributed by atoms with Gasteiger partial charge in [-0.1, -0.05) is 35.9 Å². The smallest absolute Gasteiger partial charge is 0.261 e. The SMILES string of the molecule is O=C(NCc1cccnc1)c1ccc(N(CCc2ccccc2Cl)S(=O)O)cc1. The van der Waals surface area contributed by atoms with Crippen molar-refractivity contribution in [1.29, 1.82) is 0 Å². The summed E-state index contributed by atoms with van der Waals surface area (Å²) in [7, 11) is 0. The summed E-state index contributed by atoms with van der Waals surface area (Å²) >= 11 is 3.96. The number of amides is 1. The molecule has 0 fully saturated rings. The van der Waals surface area contributed by atoms with E-state index in [9.17, 15) is 13.6 Å². The summed E-state index contributed by atoms with van der Waals surface area (Å²) < 4.78 is 22.8. The average molecular weight is 430 g/mol. The first-order valence-electron chi connectivity index (χ1n) is 8.93. The highest BCUT2D eigenvalue weighted by Crippen LogP contribution is 2.20. The zero-order chi connectivity index (χ0) is 20.6. The van der Waals surface area contributed by atoms with Crippen LogP contribution in [0.4, 0.5) is 5.69 Å². The van der Waals surface area contributed by atoms with Crippen molar-refractivity contribution in [2.24, 2.45) is 0 Å². The van der Waals surface area contributed by atoms with Gasteiger partial charge in [-0.05, 0) is 53.9 Å². The molecule has 1 unspecified atom stereocenters. The fraction of sp³-hybridized carbons (Fsp3) is 0.143. The maximum absolute atomic E-state index is 12.3. The van der Waals surface area contributed by atoms with E-state index in [0.29, 0.717) is 35.8 Å². The maximum atomic E-state index is 12.3. The van der Waals surface area contributed by atoms with Gasteiger partial charge >= 0.3 is 0 Å². The first kappa shape index (κ1) is 21.0. The monoisotopic (exact) mass is 429 g/mol. The first-order valence-corrected chi connectivity index (χ1v) is 10.4. The minimum Gasteiger partial charge on any atom is -0.348 e. The van der Waals surface area contributed by atoms with Crippen LogP contribution >= 0.6 is 11.6 Å². The Morgan fingerprint density at radius 2 is 1.86 bits per heavy atom. The Balaban J connectivity index is 1.63. The van der Waals surface area contributed by atoms with Gasteiger partial charge in [0.15, 0.2) is 0 Å². The molecule has 1 atom stereocenters. The van der Waals surface area contributed by atoms with Gasteiger partial charge < -0.3 is 5.32 Å². The Hall–Kier alpha value is -2.74. The Labute approximate surface area is 177 Å². The van der Waals surface area contributed by atoms with Crippen LogP contribution in [0, 0.1) is 0 Å². The summed E-state index contributed by atoms with van der Waals surface area (Å²) in [6.07, 6.45) is 3.88. The average Bonchev–Trinajstić information content (AvgIpc) is 2.74. The third-order valence-electron chi connectivity index (χ3n) is 4.32. The quantitative estimate of drug-likeness (QED) is 0.533. The zero-order valence-corrected chi connectivity index (χ0v) is 17.1. The van der Waals surface area contributed by atoms with Crippen LogP contribution in [0.1, 0.15) is 21.5 Å². The fourth-order valence-electron chi connectivity index (χ4n) is 2.79. The van der Waals surface area contributed by atoms with Gasteiger partial charge in [0.1, 0.15) is 0 Å². The van der Waals surface area contributed by atoms with E-state index < -0.39 is 11.3 Å². The van der Waals surface area contributed by atoms with Crippen molar-refractivity contribution in [3.63, 3.8) is 0 Å². The van der Waals surface area contributed by atoms with Gasteiger partial charge in [0.25, 0.3) is 17.2 Å². The van der Waals surface area contributed by atoms with Gasteiger partial charge in [0.2, 0.25) is 0 Å². The molecule has 0 aliphatic rings. The minimum absolute atomic E-state index is 0.229. The summed E-state index contributed by atoms with van der Waals surface area (Å²) in [5.41, 5.74) is 2.81. The second kappa shape index (κ2) is 10.2. The lowest BCUT2D eigenvalue weighted by Gasteiger charge is -2.20. The summed E-state index contributed by atoms with van der Waals surface area (Å²) in [6, 6.07) is 17.6. The number of aromatic nitrogens is 1. The van der Waals surface area contributed by atoms with E-state index in [1.54, 1.807) is 42.7 Å². The molecule has 3 aromatic rings. The van der Waals surface area contributed by atoms with Crippen molar-refractivity contribution < 1.29 is 13.6 Å². The molecule has 0 radical (unpaired) electrons. The molecule has 29 heavy (non-hydrogen) atoms. The zero-order valence-electron chi connectivity index (χ0n) is 15.5. The van der Waals surface area contributed by atoms with Crippen LogP contribution in [-0.4, -0.2) is 26.2 Å². The van der Waals surface area contributed by atoms with Gasteiger partial charge in [0.05, 0.1) is 5.69 Å². The fourth-order valence-corrected chi connectivity index (χ4v) is 3.57. The van der Waals surface area contributed by atoms with Crippen molar-refractivity contribution >= 4 is 34.5 Å². The van der Waals surface area contributed by atoms with E-state index in [4.69, 9.17) is 11.6 Å². The highest BCUT2D eigenvalue weighted by Gasteiger charge is 2.14. The van der Waals surface area contributed by atoms with Crippen molar-refractivity contribution in [2.75, 3.05) is 10.8 Å². The van der Waals surface area contributed by atoms with Crippen LogP contribution < -0.4 is 9.62 Å². The standard InChI is InChI=1S/C21H20ClN3O3S/c22-20-6-2-1-5-17(20)11-13-25(29(27)28)19-9-7-18(8-10-19)21(26)24-15-16-4-3-12-23-14-16/h1-10,12,14H,11,13,15H2,(H,24,26)(H,27,28). The minimum atomic E-state index is -2.20. The van der Waals surface area contributed by atoms with E-state index in [2.05, 4.69) is 10.3 Å². The molecule has 0 spiro atoms. The molecular formula is C21H20ClN3O3S. The third-order valence-corrected chi connectivity index (χ3v) is 5.46. The van der Waals surface area contributed by atoms with Gasteiger partial charge in [-0.2, -0.15) is 0 Å². The molecule has 2 N–H and O–H groups in total. The number of nitrogens with one attached hydrogen (secondary N) is 1. The van der Waals surface area contributed by atoms with Crippen LogP contribution in [0.25, 0.3) is 0 Å². The number of hydrogen-bond acceptors (Lipinski definition) is 3. The number of anilines is 1. The van der Waals surface area contributed by atoms with Crippen LogP contribution in [0.5, 0.6) is 0 Å². The summed E-state index contributed by atoms with van der Waals surface area (Å²) in [6.45, 7) is 0.679. The van der Waals surface area contributed by atoms with Crippen molar-refractivity contribution in [3.8, 4) is 0 Å². The van der Waals surface area contributed by atoms with E-state index in [0.717, 1.165) is 11.1 Å².